The van der Waals surface area contributed by atoms with Crippen LogP contribution >= 0.6 is 11.3 Å². The first-order chi connectivity index (χ1) is 19.5. The molecule has 1 aliphatic rings. The summed E-state index contributed by atoms with van der Waals surface area (Å²) in [7, 11) is 0. The minimum absolute atomic E-state index is 0.172. The van der Waals surface area contributed by atoms with Crippen LogP contribution < -0.4 is 14.9 Å². The van der Waals surface area contributed by atoms with Gasteiger partial charge in [-0.3, -0.25) is 9.36 Å². The molecule has 1 atom stereocenters. The second-order valence-corrected chi connectivity index (χ2v) is 10.9. The molecule has 4 aromatic rings. The summed E-state index contributed by atoms with van der Waals surface area (Å²) in [6.45, 7) is 7.77. The first-order valence-corrected chi connectivity index (χ1v) is 13.9. The lowest BCUT2D eigenvalue weighted by Crippen LogP contribution is -2.39. The van der Waals surface area contributed by atoms with Gasteiger partial charge in [0.15, 0.2) is 4.80 Å². The first-order valence-electron chi connectivity index (χ1n) is 13.0. The van der Waals surface area contributed by atoms with Crippen LogP contribution in [0.5, 0.6) is 0 Å². The topological polar surface area (TPSA) is 73.8 Å². The molecule has 1 aliphatic heterocycles. The minimum atomic E-state index is -4.48. The van der Waals surface area contributed by atoms with E-state index in [9.17, 15) is 22.8 Å². The number of allylic oxidation sites excluding steroid dienone is 1. The van der Waals surface area contributed by atoms with E-state index in [4.69, 9.17) is 9.15 Å². The number of hydrogen-bond acceptors (Lipinski definition) is 6. The van der Waals surface area contributed by atoms with Crippen molar-refractivity contribution in [3.8, 4) is 11.3 Å². The fourth-order valence-electron chi connectivity index (χ4n) is 4.73. The molecule has 1 unspecified atom stereocenters. The number of nitrogens with zero attached hydrogens (tertiary/aromatic N) is 2. The number of fused-ring (bicyclic) bond motifs is 1. The Balaban J connectivity index is 1.60. The minimum Gasteiger partial charge on any atom is -0.463 e. The second kappa shape index (κ2) is 11.0. The molecule has 6 nitrogen and oxygen atoms in total. The third-order valence-electron chi connectivity index (χ3n) is 6.81. The lowest BCUT2D eigenvalue weighted by atomic mass is 9.93. The predicted octanol–water partition coefficient (Wildman–Crippen LogP) is 6.20. The molecule has 10 heteroatoms. The van der Waals surface area contributed by atoms with Gasteiger partial charge in [-0.15, -0.1) is 0 Å². The van der Waals surface area contributed by atoms with Crippen LogP contribution in [0, 0.1) is 0 Å². The number of aromatic nitrogens is 1. The third kappa shape index (κ3) is 5.56. The van der Waals surface area contributed by atoms with Crippen molar-refractivity contribution in [2.24, 2.45) is 4.99 Å². The number of alkyl halides is 3. The van der Waals surface area contributed by atoms with Gasteiger partial charge >= 0.3 is 12.1 Å². The van der Waals surface area contributed by atoms with Gasteiger partial charge in [0.1, 0.15) is 11.5 Å². The summed E-state index contributed by atoms with van der Waals surface area (Å²) in [6, 6.07) is 15.0. The molecule has 5 rings (SSSR count). The van der Waals surface area contributed by atoms with Crippen molar-refractivity contribution in [2.75, 3.05) is 6.61 Å². The molecular formula is C31H27F3N2O4S. The number of esters is 1. The van der Waals surface area contributed by atoms with Gasteiger partial charge in [0, 0.05) is 11.6 Å². The third-order valence-corrected chi connectivity index (χ3v) is 7.79. The van der Waals surface area contributed by atoms with Crippen molar-refractivity contribution in [3.63, 3.8) is 0 Å². The fraction of sp³-hybridized carbons (Fsp3) is 0.258. The number of halogens is 3. The van der Waals surface area contributed by atoms with Crippen LogP contribution in [-0.2, 0) is 15.7 Å². The van der Waals surface area contributed by atoms with Gasteiger partial charge in [-0.1, -0.05) is 61.6 Å². The highest BCUT2D eigenvalue weighted by Gasteiger charge is 2.33. The molecule has 0 saturated carbocycles. The molecule has 0 aliphatic carbocycles. The first kappa shape index (κ1) is 28.4. The number of carbonyl (C=O) groups excluding carboxylic acids is 1. The zero-order valence-electron chi connectivity index (χ0n) is 22.8. The summed E-state index contributed by atoms with van der Waals surface area (Å²) in [5.74, 6) is 0.292. The van der Waals surface area contributed by atoms with Gasteiger partial charge in [0.25, 0.3) is 5.56 Å². The van der Waals surface area contributed by atoms with Gasteiger partial charge in [0.05, 0.1) is 34.0 Å². The Bertz CT molecular complexity index is 1830. The maximum absolute atomic E-state index is 13.8. The molecule has 41 heavy (non-hydrogen) atoms. The maximum Gasteiger partial charge on any atom is 0.416 e. The molecule has 212 valence electrons. The van der Waals surface area contributed by atoms with Crippen LogP contribution in [0.3, 0.4) is 0 Å². The average Bonchev–Trinajstić information content (AvgIpc) is 3.52. The molecule has 0 fully saturated rings. The lowest BCUT2D eigenvalue weighted by Gasteiger charge is -2.25. The molecule has 0 N–H and O–H groups in total. The van der Waals surface area contributed by atoms with Crippen LogP contribution in [0.1, 0.15) is 62.1 Å². The van der Waals surface area contributed by atoms with Gasteiger partial charge in [0.2, 0.25) is 0 Å². The van der Waals surface area contributed by atoms with E-state index in [0.29, 0.717) is 26.7 Å². The summed E-state index contributed by atoms with van der Waals surface area (Å²) in [6.07, 6.45) is -2.95. The zero-order valence-corrected chi connectivity index (χ0v) is 23.6. The Kier molecular flexibility index (Phi) is 7.61. The average molecular weight is 581 g/mol. The Morgan fingerprint density at radius 2 is 1.88 bits per heavy atom. The van der Waals surface area contributed by atoms with E-state index in [1.54, 1.807) is 26.0 Å². The van der Waals surface area contributed by atoms with Crippen LogP contribution in [0.15, 0.2) is 86.1 Å². The highest BCUT2D eigenvalue weighted by Crippen LogP contribution is 2.33. The highest BCUT2D eigenvalue weighted by atomic mass is 32.1. The van der Waals surface area contributed by atoms with Crippen molar-refractivity contribution >= 4 is 23.4 Å². The van der Waals surface area contributed by atoms with Crippen molar-refractivity contribution in [2.45, 2.75) is 45.8 Å². The quantitative estimate of drug-likeness (QED) is 0.255. The van der Waals surface area contributed by atoms with E-state index in [1.165, 1.54) is 22.8 Å². The van der Waals surface area contributed by atoms with Crippen LogP contribution in [0.25, 0.3) is 17.4 Å². The van der Waals surface area contributed by atoms with Crippen LogP contribution in [0.4, 0.5) is 13.2 Å². The number of benzene rings is 2. The molecule has 2 aromatic carbocycles. The molecule has 0 saturated heterocycles. The van der Waals surface area contributed by atoms with Gasteiger partial charge in [-0.05, 0) is 55.2 Å². The highest BCUT2D eigenvalue weighted by molar-refractivity contribution is 7.07. The number of ether oxygens (including phenoxy) is 1. The summed E-state index contributed by atoms with van der Waals surface area (Å²) < 4.78 is 52.5. The predicted molar refractivity (Wildman–Crippen MR) is 150 cm³/mol. The summed E-state index contributed by atoms with van der Waals surface area (Å²) in [4.78, 5) is 31.8. The van der Waals surface area contributed by atoms with Gasteiger partial charge in [-0.25, -0.2) is 9.79 Å². The van der Waals surface area contributed by atoms with E-state index < -0.39 is 23.8 Å². The van der Waals surface area contributed by atoms with Crippen molar-refractivity contribution < 1.29 is 27.1 Å². The SMILES string of the molecule is CCOC(=O)C1=C(C)N=c2sc(=Cc3ccc(-c4cccc(C(F)(F)F)c4)o3)c(=O)n2C1c1ccc(C(C)C)cc1. The van der Waals surface area contributed by atoms with Crippen molar-refractivity contribution in [1.82, 2.24) is 4.57 Å². The lowest BCUT2D eigenvalue weighted by molar-refractivity contribution is -0.139. The Morgan fingerprint density at radius 1 is 1.15 bits per heavy atom. The standard InChI is InChI=1S/C31H27F3N2O4S/c1-5-39-29(38)26-18(4)35-30-36(27(26)20-11-9-19(10-12-20)17(2)3)28(37)25(41-30)16-23-13-14-24(40-23)21-7-6-8-22(15-21)31(32,33)34/h6-17,27H,5H2,1-4H3. The van der Waals surface area contributed by atoms with Crippen LogP contribution in [0.2, 0.25) is 0 Å². The largest absolute Gasteiger partial charge is 0.463 e. The Labute approximate surface area is 237 Å². The monoisotopic (exact) mass is 580 g/mol. The smallest absolute Gasteiger partial charge is 0.416 e. The van der Waals surface area contributed by atoms with Gasteiger partial charge < -0.3 is 9.15 Å². The number of hydrogen-bond donors (Lipinski definition) is 0. The number of rotatable bonds is 6. The van der Waals surface area contributed by atoms with Crippen molar-refractivity contribution in [3.05, 3.63) is 114 Å². The second-order valence-electron chi connectivity index (χ2n) is 9.90. The van der Waals surface area contributed by atoms with E-state index >= 15 is 0 Å². The van der Waals surface area contributed by atoms with Crippen LogP contribution in [-0.4, -0.2) is 17.1 Å². The summed E-state index contributed by atoms with van der Waals surface area (Å²) in [5, 5.41) is 0. The van der Waals surface area contributed by atoms with E-state index in [2.05, 4.69) is 18.8 Å². The number of thiazole rings is 1. The summed E-state index contributed by atoms with van der Waals surface area (Å²) in [5.41, 5.74) is 1.71. The molecule has 0 amide bonds. The molecule has 3 heterocycles. The van der Waals surface area contributed by atoms with E-state index in [-0.39, 0.29) is 29.1 Å². The van der Waals surface area contributed by atoms with E-state index in [0.717, 1.165) is 34.6 Å². The molecule has 0 bridgehead atoms. The molecule has 0 spiro atoms. The van der Waals surface area contributed by atoms with Crippen molar-refractivity contribution in [1.29, 1.82) is 0 Å². The fourth-order valence-corrected chi connectivity index (χ4v) is 5.76. The summed E-state index contributed by atoms with van der Waals surface area (Å²) >= 11 is 1.14. The zero-order chi connectivity index (χ0) is 29.5. The number of furan rings is 1. The normalized spacial score (nSPS) is 15.7. The Morgan fingerprint density at radius 3 is 2.54 bits per heavy atom. The van der Waals surface area contributed by atoms with Gasteiger partial charge in [-0.2, -0.15) is 13.2 Å². The number of carbonyl (C=O) groups is 1. The molecular weight excluding hydrogens is 553 g/mol. The molecule has 0 radical (unpaired) electrons. The van der Waals surface area contributed by atoms with E-state index in [1.807, 2.05) is 24.3 Å². The Hall–Kier alpha value is -4.18. The molecule has 2 aromatic heterocycles. The maximum atomic E-state index is 13.8.